The van der Waals surface area contributed by atoms with E-state index in [-0.39, 0.29) is 0 Å². The molecular weight excluding hydrogens is 228 g/mol. The molecule has 6 nitrogen and oxygen atoms in total. The molecule has 102 valence electrons. The fourth-order valence-corrected chi connectivity index (χ4v) is 2.53. The summed E-state index contributed by atoms with van der Waals surface area (Å²) in [5, 5.41) is 15.7. The Labute approximate surface area is 109 Å². The van der Waals surface area contributed by atoms with Gasteiger partial charge >= 0.3 is 0 Å². The molecule has 0 aliphatic carbocycles. The highest BCUT2D eigenvalue weighted by atomic mass is 15.6. The topological polar surface area (TPSA) is 58.9 Å². The van der Waals surface area contributed by atoms with Crippen LogP contribution >= 0.6 is 0 Å². The standard InChI is InChI=1S/C12H24N6/c1-3-6-13-8-11-5-4-7-18(9-11)10-12-14-16-17(2)15-12/h11,13H,3-10H2,1-2H3. The zero-order chi connectivity index (χ0) is 12.8. The van der Waals surface area contributed by atoms with E-state index in [0.717, 1.165) is 44.5 Å². The number of likely N-dealkylation sites (tertiary alicyclic amines) is 1. The van der Waals surface area contributed by atoms with Crippen molar-refractivity contribution in [3.8, 4) is 0 Å². The van der Waals surface area contributed by atoms with Crippen molar-refractivity contribution in [1.82, 2.24) is 30.4 Å². The molecule has 0 radical (unpaired) electrons. The van der Waals surface area contributed by atoms with Gasteiger partial charge in [-0.2, -0.15) is 4.80 Å². The second-order valence-corrected chi connectivity index (χ2v) is 5.14. The molecule has 2 rings (SSSR count). The third kappa shape index (κ3) is 4.03. The van der Waals surface area contributed by atoms with Crippen LogP contribution in [0.1, 0.15) is 32.0 Å². The van der Waals surface area contributed by atoms with E-state index in [4.69, 9.17) is 0 Å². The van der Waals surface area contributed by atoms with E-state index < -0.39 is 0 Å². The molecule has 2 heterocycles. The highest BCUT2D eigenvalue weighted by Crippen LogP contribution is 2.16. The summed E-state index contributed by atoms with van der Waals surface area (Å²) < 4.78 is 0. The van der Waals surface area contributed by atoms with Crippen molar-refractivity contribution in [1.29, 1.82) is 0 Å². The van der Waals surface area contributed by atoms with Gasteiger partial charge in [0.25, 0.3) is 0 Å². The Kier molecular flexibility index (Phi) is 5.07. The van der Waals surface area contributed by atoms with Crippen LogP contribution in [0.3, 0.4) is 0 Å². The maximum absolute atomic E-state index is 4.24. The van der Waals surface area contributed by atoms with Gasteiger partial charge in [0.15, 0.2) is 5.82 Å². The number of nitrogens with one attached hydrogen (secondary N) is 1. The molecule has 0 bridgehead atoms. The molecule has 1 aliphatic heterocycles. The number of rotatable bonds is 6. The molecule has 1 saturated heterocycles. The van der Waals surface area contributed by atoms with Crippen LogP contribution in [0.25, 0.3) is 0 Å². The van der Waals surface area contributed by atoms with Crippen molar-refractivity contribution in [2.45, 2.75) is 32.7 Å². The van der Waals surface area contributed by atoms with Crippen molar-refractivity contribution in [2.75, 3.05) is 26.2 Å². The van der Waals surface area contributed by atoms with Gasteiger partial charge in [0.1, 0.15) is 0 Å². The first-order chi connectivity index (χ1) is 8.78. The average Bonchev–Trinajstić information content (AvgIpc) is 2.76. The molecule has 1 atom stereocenters. The van der Waals surface area contributed by atoms with Gasteiger partial charge in [0, 0.05) is 6.54 Å². The van der Waals surface area contributed by atoms with Crippen LogP contribution in [0.4, 0.5) is 0 Å². The van der Waals surface area contributed by atoms with Crippen molar-refractivity contribution in [2.24, 2.45) is 13.0 Å². The molecule has 1 fully saturated rings. The lowest BCUT2D eigenvalue weighted by molar-refractivity contribution is 0.162. The zero-order valence-electron chi connectivity index (χ0n) is 11.5. The Morgan fingerprint density at radius 1 is 1.44 bits per heavy atom. The third-order valence-corrected chi connectivity index (χ3v) is 3.38. The van der Waals surface area contributed by atoms with Crippen molar-refractivity contribution < 1.29 is 0 Å². The van der Waals surface area contributed by atoms with Gasteiger partial charge in [0.05, 0.1) is 13.6 Å². The van der Waals surface area contributed by atoms with Gasteiger partial charge < -0.3 is 5.32 Å². The van der Waals surface area contributed by atoms with Gasteiger partial charge in [-0.3, -0.25) is 4.90 Å². The van der Waals surface area contributed by atoms with Gasteiger partial charge in [-0.05, 0) is 50.0 Å². The molecule has 1 aliphatic rings. The van der Waals surface area contributed by atoms with E-state index in [1.165, 1.54) is 24.1 Å². The maximum atomic E-state index is 4.24. The molecule has 1 N–H and O–H groups in total. The highest BCUT2D eigenvalue weighted by molar-refractivity contribution is 4.81. The highest BCUT2D eigenvalue weighted by Gasteiger charge is 2.20. The minimum atomic E-state index is 0.766. The fraction of sp³-hybridized carbons (Fsp3) is 0.917. The predicted molar refractivity (Wildman–Crippen MR) is 70.0 cm³/mol. The van der Waals surface area contributed by atoms with E-state index in [1.807, 2.05) is 7.05 Å². The van der Waals surface area contributed by atoms with Crippen molar-refractivity contribution in [3.63, 3.8) is 0 Å². The SMILES string of the molecule is CCCNCC1CCCN(Cc2nnn(C)n2)C1. The Bertz CT molecular complexity index is 350. The molecule has 18 heavy (non-hydrogen) atoms. The molecule has 0 amide bonds. The second kappa shape index (κ2) is 6.80. The van der Waals surface area contributed by atoms with Crippen molar-refractivity contribution >= 4 is 0 Å². The molecule has 1 aromatic rings. The molecular formula is C12H24N6. The summed E-state index contributed by atoms with van der Waals surface area (Å²) in [4.78, 5) is 3.97. The van der Waals surface area contributed by atoms with E-state index in [9.17, 15) is 0 Å². The second-order valence-electron chi connectivity index (χ2n) is 5.14. The summed E-state index contributed by atoms with van der Waals surface area (Å²) in [6.45, 7) is 7.61. The zero-order valence-corrected chi connectivity index (χ0v) is 11.5. The molecule has 1 unspecified atom stereocenters. The van der Waals surface area contributed by atoms with Crippen LogP contribution in [0.15, 0.2) is 0 Å². The molecule has 6 heteroatoms. The number of aromatic nitrogens is 4. The number of hydrogen-bond donors (Lipinski definition) is 1. The smallest absolute Gasteiger partial charge is 0.188 e. The molecule has 0 saturated carbocycles. The monoisotopic (exact) mass is 252 g/mol. The summed E-state index contributed by atoms with van der Waals surface area (Å²) in [6, 6.07) is 0. The van der Waals surface area contributed by atoms with E-state index in [0.29, 0.717) is 0 Å². The van der Waals surface area contributed by atoms with Crippen LogP contribution in [0.2, 0.25) is 0 Å². The molecule has 1 aromatic heterocycles. The van der Waals surface area contributed by atoms with Gasteiger partial charge in [-0.25, -0.2) is 0 Å². The third-order valence-electron chi connectivity index (χ3n) is 3.38. The molecule has 0 spiro atoms. The lowest BCUT2D eigenvalue weighted by Crippen LogP contribution is -2.39. The first-order valence-electron chi connectivity index (χ1n) is 6.94. The Morgan fingerprint density at radius 3 is 3.06 bits per heavy atom. The Morgan fingerprint density at radius 2 is 2.33 bits per heavy atom. The minimum Gasteiger partial charge on any atom is -0.316 e. The number of piperidine rings is 1. The summed E-state index contributed by atoms with van der Waals surface area (Å²) in [6.07, 6.45) is 3.82. The lowest BCUT2D eigenvalue weighted by atomic mass is 9.98. The normalized spacial score (nSPS) is 21.3. The van der Waals surface area contributed by atoms with Gasteiger partial charge in [-0.15, -0.1) is 10.2 Å². The first-order valence-corrected chi connectivity index (χ1v) is 6.94. The van der Waals surface area contributed by atoms with Crippen LogP contribution < -0.4 is 5.32 Å². The number of nitrogens with zero attached hydrogens (tertiary/aromatic N) is 5. The van der Waals surface area contributed by atoms with Crippen LogP contribution in [0.5, 0.6) is 0 Å². The number of aryl methyl sites for hydroxylation is 1. The predicted octanol–water partition coefficient (Wildman–Crippen LogP) is 0.422. The van der Waals surface area contributed by atoms with Gasteiger partial charge in [-0.1, -0.05) is 6.92 Å². The van der Waals surface area contributed by atoms with Crippen LogP contribution in [-0.2, 0) is 13.6 Å². The fourth-order valence-electron chi connectivity index (χ4n) is 2.53. The quantitative estimate of drug-likeness (QED) is 0.744. The maximum Gasteiger partial charge on any atom is 0.188 e. The molecule has 0 aromatic carbocycles. The lowest BCUT2D eigenvalue weighted by Gasteiger charge is -2.32. The minimum absolute atomic E-state index is 0.766. The van der Waals surface area contributed by atoms with Crippen molar-refractivity contribution in [3.05, 3.63) is 5.82 Å². The Hall–Kier alpha value is -1.01. The number of tetrazole rings is 1. The summed E-state index contributed by atoms with van der Waals surface area (Å²) in [7, 11) is 1.81. The van der Waals surface area contributed by atoms with Gasteiger partial charge in [0.2, 0.25) is 0 Å². The average molecular weight is 252 g/mol. The van der Waals surface area contributed by atoms with E-state index in [2.05, 4.69) is 32.6 Å². The van der Waals surface area contributed by atoms with E-state index >= 15 is 0 Å². The van der Waals surface area contributed by atoms with Crippen LogP contribution in [0, 0.1) is 5.92 Å². The Balaban J connectivity index is 1.76. The number of hydrogen-bond acceptors (Lipinski definition) is 5. The first kappa shape index (κ1) is 13.4. The summed E-state index contributed by atoms with van der Waals surface area (Å²) in [5.74, 6) is 1.60. The van der Waals surface area contributed by atoms with Crippen LogP contribution in [-0.4, -0.2) is 51.3 Å². The largest absolute Gasteiger partial charge is 0.316 e. The van der Waals surface area contributed by atoms with E-state index in [1.54, 1.807) is 0 Å². The summed E-state index contributed by atoms with van der Waals surface area (Å²) in [5.41, 5.74) is 0. The summed E-state index contributed by atoms with van der Waals surface area (Å²) >= 11 is 0.